The van der Waals surface area contributed by atoms with Gasteiger partial charge in [-0.15, -0.1) is 0 Å². The summed E-state index contributed by atoms with van der Waals surface area (Å²) < 4.78 is 10.2. The van der Waals surface area contributed by atoms with Crippen molar-refractivity contribution in [2.24, 2.45) is 11.8 Å². The van der Waals surface area contributed by atoms with E-state index in [0.29, 0.717) is 12.3 Å². The quantitative estimate of drug-likeness (QED) is 0.731. The van der Waals surface area contributed by atoms with Gasteiger partial charge in [-0.3, -0.25) is 9.59 Å². The number of allylic oxidation sites excluding steroid dienone is 4. The molecule has 0 aromatic carbocycles. The first-order chi connectivity index (χ1) is 10.5. The third kappa shape index (κ3) is 3.67. The van der Waals surface area contributed by atoms with Crippen LogP contribution in [0.1, 0.15) is 20.3 Å². The molecule has 2 rings (SSSR count). The number of methoxy groups -OCH3 is 1. The van der Waals surface area contributed by atoms with Crippen LogP contribution in [0.2, 0.25) is 0 Å². The molecule has 22 heavy (non-hydrogen) atoms. The van der Waals surface area contributed by atoms with Crippen molar-refractivity contribution < 1.29 is 19.1 Å². The van der Waals surface area contributed by atoms with Crippen molar-refractivity contribution in [3.8, 4) is 0 Å². The van der Waals surface area contributed by atoms with Crippen LogP contribution in [-0.4, -0.2) is 30.3 Å². The number of carbonyl (C=O) groups excluding carboxylic acids is 2. The van der Waals surface area contributed by atoms with Crippen LogP contribution in [0.5, 0.6) is 0 Å². The highest BCUT2D eigenvalue weighted by atomic mass is 16.5. The van der Waals surface area contributed by atoms with E-state index in [-0.39, 0.29) is 30.0 Å². The molecule has 0 fully saturated rings. The lowest BCUT2D eigenvalue weighted by Crippen LogP contribution is -2.26. The van der Waals surface area contributed by atoms with Crippen molar-refractivity contribution in [2.45, 2.75) is 20.3 Å². The number of carbonyl (C=O) groups is 2. The summed E-state index contributed by atoms with van der Waals surface area (Å²) >= 11 is 0. The summed E-state index contributed by atoms with van der Waals surface area (Å²) in [7, 11) is 1.37. The van der Waals surface area contributed by atoms with Crippen LogP contribution in [0.3, 0.4) is 0 Å². The Bertz CT molecular complexity index is 569. The fraction of sp³-hybridized carbons (Fsp3) is 0.412. The van der Waals surface area contributed by atoms with E-state index < -0.39 is 0 Å². The summed E-state index contributed by atoms with van der Waals surface area (Å²) in [6.45, 7) is 4.53. The zero-order valence-corrected chi connectivity index (χ0v) is 13.1. The van der Waals surface area contributed by atoms with Crippen molar-refractivity contribution >= 4 is 11.8 Å². The Labute approximate surface area is 130 Å². The number of rotatable bonds is 5. The number of esters is 1. The van der Waals surface area contributed by atoms with Crippen molar-refractivity contribution in [3.05, 3.63) is 48.2 Å². The van der Waals surface area contributed by atoms with Crippen LogP contribution < -0.4 is 0 Å². The molecule has 0 N–H and O–H groups in total. The van der Waals surface area contributed by atoms with Gasteiger partial charge in [0.2, 0.25) is 0 Å². The first-order valence-electron chi connectivity index (χ1n) is 7.33. The number of hydrogen-bond acceptors (Lipinski definition) is 5. The Hall–Kier alpha value is -2.30. The molecular weight excluding hydrogens is 282 g/mol. The summed E-state index contributed by atoms with van der Waals surface area (Å²) in [5.41, 5.74) is 0.870. The molecule has 0 aromatic heterocycles. The van der Waals surface area contributed by atoms with Crippen molar-refractivity contribution in [1.82, 2.24) is 4.90 Å². The van der Waals surface area contributed by atoms with E-state index in [1.54, 1.807) is 24.6 Å². The molecule has 1 aliphatic heterocycles. The van der Waals surface area contributed by atoms with E-state index in [9.17, 15) is 9.59 Å². The number of nitrogens with zero attached hydrogens (tertiary/aromatic N) is 1. The summed E-state index contributed by atoms with van der Waals surface area (Å²) in [4.78, 5) is 25.2. The molecule has 118 valence electrons. The minimum atomic E-state index is -0.259. The van der Waals surface area contributed by atoms with Gasteiger partial charge in [0.25, 0.3) is 0 Å². The summed E-state index contributed by atoms with van der Waals surface area (Å²) in [5, 5.41) is 0. The molecule has 5 heteroatoms. The highest BCUT2D eigenvalue weighted by molar-refractivity contribution is 5.96. The maximum atomic E-state index is 12.1. The fourth-order valence-electron chi connectivity index (χ4n) is 2.54. The van der Waals surface area contributed by atoms with Crippen LogP contribution in [0.25, 0.3) is 0 Å². The van der Waals surface area contributed by atoms with Crippen LogP contribution in [0, 0.1) is 11.8 Å². The number of hydrogen-bond donors (Lipinski definition) is 0. The molecule has 5 nitrogen and oxygen atoms in total. The zero-order valence-electron chi connectivity index (χ0n) is 13.1. The Balaban J connectivity index is 2.15. The van der Waals surface area contributed by atoms with Crippen molar-refractivity contribution in [3.63, 3.8) is 0 Å². The molecule has 0 aromatic rings. The number of ketones is 1. The van der Waals surface area contributed by atoms with Gasteiger partial charge in [0.05, 0.1) is 19.4 Å². The second kappa shape index (κ2) is 7.11. The Morgan fingerprint density at radius 2 is 2.23 bits per heavy atom. The van der Waals surface area contributed by atoms with Gasteiger partial charge in [-0.05, 0) is 12.0 Å². The van der Waals surface area contributed by atoms with Gasteiger partial charge in [0, 0.05) is 24.5 Å². The molecule has 1 aliphatic carbocycles. The van der Waals surface area contributed by atoms with Crippen LogP contribution in [-0.2, 0) is 19.1 Å². The lowest BCUT2D eigenvalue weighted by Gasteiger charge is -2.28. The minimum absolute atomic E-state index is 0.0904. The van der Waals surface area contributed by atoms with Crippen molar-refractivity contribution in [2.75, 3.05) is 13.7 Å². The maximum absolute atomic E-state index is 12.1. The first kappa shape index (κ1) is 16.1. The van der Waals surface area contributed by atoms with E-state index in [1.807, 2.05) is 31.0 Å². The monoisotopic (exact) mass is 303 g/mol. The summed E-state index contributed by atoms with van der Waals surface area (Å²) in [6.07, 6.45) is 10.7. The van der Waals surface area contributed by atoms with E-state index in [4.69, 9.17) is 4.74 Å². The van der Waals surface area contributed by atoms with Crippen LogP contribution >= 0.6 is 0 Å². The predicted octanol–water partition coefficient (Wildman–Crippen LogP) is 2.53. The van der Waals surface area contributed by atoms with Gasteiger partial charge in [0.15, 0.2) is 5.78 Å². The Kier molecular flexibility index (Phi) is 5.20. The third-order valence-corrected chi connectivity index (χ3v) is 3.66. The molecule has 0 saturated carbocycles. The van der Waals surface area contributed by atoms with E-state index in [1.165, 1.54) is 7.11 Å². The van der Waals surface area contributed by atoms with Gasteiger partial charge in [0.1, 0.15) is 12.0 Å². The highest BCUT2D eigenvalue weighted by Gasteiger charge is 2.30. The smallest absolute Gasteiger partial charge is 0.307 e. The van der Waals surface area contributed by atoms with Gasteiger partial charge in [-0.1, -0.05) is 26.0 Å². The van der Waals surface area contributed by atoms with E-state index >= 15 is 0 Å². The fourth-order valence-corrected chi connectivity index (χ4v) is 2.54. The SMILES string of the molecule is COC(=O)CCN1C=COC(C2=CC=CC(=O)C2C(C)C)=C1. The molecular formula is C17H21NO4. The second-order valence-electron chi connectivity index (χ2n) is 5.57. The topological polar surface area (TPSA) is 55.8 Å². The first-order valence-corrected chi connectivity index (χ1v) is 7.33. The van der Waals surface area contributed by atoms with E-state index in [0.717, 1.165) is 5.57 Å². The second-order valence-corrected chi connectivity index (χ2v) is 5.57. The average Bonchev–Trinajstić information content (AvgIpc) is 2.52. The normalized spacial score (nSPS) is 20.6. The third-order valence-electron chi connectivity index (χ3n) is 3.66. The van der Waals surface area contributed by atoms with Gasteiger partial charge in [-0.2, -0.15) is 0 Å². The highest BCUT2D eigenvalue weighted by Crippen LogP contribution is 2.32. The minimum Gasteiger partial charge on any atom is -0.469 e. The predicted molar refractivity (Wildman–Crippen MR) is 82.2 cm³/mol. The lowest BCUT2D eigenvalue weighted by atomic mass is 9.81. The Morgan fingerprint density at radius 3 is 2.91 bits per heavy atom. The molecule has 0 radical (unpaired) electrons. The van der Waals surface area contributed by atoms with Crippen LogP contribution in [0.4, 0.5) is 0 Å². The largest absolute Gasteiger partial charge is 0.469 e. The van der Waals surface area contributed by atoms with E-state index in [2.05, 4.69) is 4.74 Å². The number of ether oxygens (including phenoxy) is 2. The lowest BCUT2D eigenvalue weighted by molar-refractivity contribution is -0.140. The zero-order chi connectivity index (χ0) is 16.1. The van der Waals surface area contributed by atoms with Crippen LogP contribution in [0.15, 0.2) is 48.2 Å². The molecule has 2 aliphatic rings. The summed E-state index contributed by atoms with van der Waals surface area (Å²) in [6, 6.07) is 0. The maximum Gasteiger partial charge on any atom is 0.307 e. The van der Waals surface area contributed by atoms with Gasteiger partial charge in [-0.25, -0.2) is 0 Å². The molecule has 1 unspecified atom stereocenters. The molecule has 1 atom stereocenters. The average molecular weight is 303 g/mol. The van der Waals surface area contributed by atoms with Gasteiger partial charge < -0.3 is 14.4 Å². The van der Waals surface area contributed by atoms with Crippen molar-refractivity contribution in [1.29, 1.82) is 0 Å². The molecule has 0 bridgehead atoms. The standard InChI is InChI=1S/C17H21NO4/c1-12(2)17-13(5-4-6-14(17)19)15-11-18(9-10-22-15)8-7-16(20)21-3/h4-6,9-12,17H,7-8H2,1-3H3. The molecule has 1 heterocycles. The van der Waals surface area contributed by atoms with Gasteiger partial charge >= 0.3 is 5.97 Å². The molecule has 0 amide bonds. The molecule has 0 spiro atoms. The molecule has 0 saturated heterocycles. The Morgan fingerprint density at radius 1 is 1.45 bits per heavy atom. The summed E-state index contributed by atoms with van der Waals surface area (Å²) in [5.74, 6) is 0.453.